The van der Waals surface area contributed by atoms with Gasteiger partial charge in [-0.2, -0.15) is 0 Å². The lowest BCUT2D eigenvalue weighted by molar-refractivity contribution is -0.870. The van der Waals surface area contributed by atoms with Gasteiger partial charge < -0.3 is 18.9 Å². The summed E-state index contributed by atoms with van der Waals surface area (Å²) in [5.74, 6) is -0.773. The SMILES string of the molecule is CCCCCCCCCCCCCCCCCCCCCCCCCCCCCCCCCCCCCCCCC(=O)OC(COC(=O)CCCCCCCCCCCCCCCC)COP(=O)(O)OCC[N+](C)(C)C. The topological polar surface area (TPSA) is 108 Å². The largest absolute Gasteiger partial charge is 0.472 e. The summed E-state index contributed by atoms with van der Waals surface area (Å²) in [7, 11) is 1.50. The number of carbonyl (C=O) groups excluding carboxylic acids is 2. The number of hydrogen-bond acceptors (Lipinski definition) is 7. The maximum Gasteiger partial charge on any atom is 0.472 e. The van der Waals surface area contributed by atoms with Gasteiger partial charge in [0, 0.05) is 12.8 Å². The molecule has 2 atom stereocenters. The van der Waals surface area contributed by atoms with Crippen LogP contribution >= 0.6 is 7.82 Å². The number of rotatable bonds is 64. The molecule has 9 nitrogen and oxygen atoms in total. The molecule has 0 aliphatic heterocycles. The predicted molar refractivity (Wildman–Crippen MR) is 326 cm³/mol. The van der Waals surface area contributed by atoms with Gasteiger partial charge in [0.1, 0.15) is 19.8 Å². The van der Waals surface area contributed by atoms with Gasteiger partial charge in [-0.3, -0.25) is 18.6 Å². The first-order valence-corrected chi connectivity index (χ1v) is 35.3. The third kappa shape index (κ3) is 62.2. The molecule has 0 spiro atoms. The Kier molecular flexibility index (Phi) is 57.9. The Hall–Kier alpha value is -0.990. The quantitative estimate of drug-likeness (QED) is 0.0278. The second kappa shape index (κ2) is 58.7. The van der Waals surface area contributed by atoms with Gasteiger partial charge in [-0.05, 0) is 12.8 Å². The van der Waals surface area contributed by atoms with Crippen LogP contribution in [0.4, 0.5) is 0 Å². The summed E-state index contributed by atoms with van der Waals surface area (Å²) in [5, 5.41) is 0. The summed E-state index contributed by atoms with van der Waals surface area (Å²) in [4.78, 5) is 35.7. The van der Waals surface area contributed by atoms with Gasteiger partial charge in [0.05, 0.1) is 27.7 Å². The van der Waals surface area contributed by atoms with Crippen molar-refractivity contribution in [1.82, 2.24) is 0 Å². The number of quaternary nitrogens is 1. The van der Waals surface area contributed by atoms with E-state index in [1.165, 1.54) is 295 Å². The lowest BCUT2D eigenvalue weighted by atomic mass is 10.0. The van der Waals surface area contributed by atoms with E-state index in [2.05, 4.69) is 13.8 Å². The highest BCUT2D eigenvalue weighted by Crippen LogP contribution is 2.43. The number of carbonyl (C=O) groups is 2. The number of hydrogen-bond donors (Lipinski definition) is 1. The van der Waals surface area contributed by atoms with Crippen molar-refractivity contribution in [3.05, 3.63) is 0 Å². The lowest BCUT2D eigenvalue weighted by Crippen LogP contribution is -2.37. The molecule has 0 aliphatic rings. The minimum atomic E-state index is -4.38. The van der Waals surface area contributed by atoms with Gasteiger partial charge >= 0.3 is 19.8 Å². The zero-order valence-corrected chi connectivity index (χ0v) is 52.7. The van der Waals surface area contributed by atoms with Gasteiger partial charge in [-0.15, -0.1) is 0 Å². The number of likely N-dealkylation sites (N-methyl/N-ethyl adjacent to an activating group) is 1. The van der Waals surface area contributed by atoms with Gasteiger partial charge in [-0.1, -0.05) is 335 Å². The van der Waals surface area contributed by atoms with E-state index in [1.807, 2.05) is 21.1 Å². The summed E-state index contributed by atoms with van der Waals surface area (Å²) in [6, 6.07) is 0. The standard InChI is InChI=1S/C66H132NO8P/c1-6-8-10-12-14-16-18-20-22-23-24-25-26-27-28-29-30-31-32-33-34-35-36-37-38-39-40-41-42-43-44-45-47-49-51-53-55-57-59-66(69)75-64(63-74-76(70,71)73-61-60-67(3,4)5)62-72-65(68)58-56-54-52-50-48-46-21-19-17-15-13-11-9-7-2/h64H,6-63H2,1-5H3/p+1. The average molecular weight is 1100 g/mol. The number of phosphoric acid groups is 1. The molecular formula is C66H133NO8P+. The summed E-state index contributed by atoms with van der Waals surface area (Å²) in [6.45, 7) is 4.51. The van der Waals surface area contributed by atoms with Gasteiger partial charge in [-0.25, -0.2) is 4.57 Å². The number of phosphoric ester groups is 1. The van der Waals surface area contributed by atoms with Crippen LogP contribution in [0.25, 0.3) is 0 Å². The van der Waals surface area contributed by atoms with Gasteiger partial charge in [0.2, 0.25) is 0 Å². The van der Waals surface area contributed by atoms with Crippen molar-refractivity contribution in [2.75, 3.05) is 47.5 Å². The smallest absolute Gasteiger partial charge is 0.462 e. The first-order chi connectivity index (χ1) is 37.0. The Morgan fingerprint density at radius 2 is 0.592 bits per heavy atom. The third-order valence-corrected chi connectivity index (χ3v) is 16.6. The second-order valence-electron chi connectivity index (χ2n) is 24.6. The fraction of sp³-hybridized carbons (Fsp3) is 0.970. The van der Waals surface area contributed by atoms with E-state index in [4.69, 9.17) is 18.5 Å². The highest BCUT2D eigenvalue weighted by atomic mass is 31.2. The number of nitrogens with zero attached hydrogens (tertiary/aromatic N) is 1. The maximum atomic E-state index is 12.8. The van der Waals surface area contributed by atoms with Crippen molar-refractivity contribution in [2.45, 2.75) is 367 Å². The second-order valence-corrected chi connectivity index (χ2v) is 26.0. The fourth-order valence-corrected chi connectivity index (χ4v) is 11.2. The molecule has 0 aromatic heterocycles. The molecule has 2 unspecified atom stereocenters. The predicted octanol–water partition coefficient (Wildman–Crippen LogP) is 21.4. The highest BCUT2D eigenvalue weighted by molar-refractivity contribution is 7.47. The summed E-state index contributed by atoms with van der Waals surface area (Å²) in [6.07, 6.45) is 69.4. The van der Waals surface area contributed by atoms with Gasteiger partial charge in [0.25, 0.3) is 0 Å². The molecule has 0 saturated carbocycles. The molecule has 0 fully saturated rings. The molecule has 0 aromatic carbocycles. The third-order valence-electron chi connectivity index (χ3n) is 15.6. The van der Waals surface area contributed by atoms with Crippen LogP contribution in [-0.2, 0) is 32.7 Å². The van der Waals surface area contributed by atoms with E-state index < -0.39 is 26.5 Å². The highest BCUT2D eigenvalue weighted by Gasteiger charge is 2.27. The number of esters is 2. The lowest BCUT2D eigenvalue weighted by Gasteiger charge is -2.24. The van der Waals surface area contributed by atoms with E-state index >= 15 is 0 Å². The number of unbranched alkanes of at least 4 members (excludes halogenated alkanes) is 50. The summed E-state index contributed by atoms with van der Waals surface area (Å²) < 4.78 is 34.6. The van der Waals surface area contributed by atoms with Crippen LogP contribution in [0.15, 0.2) is 0 Å². The molecule has 0 heterocycles. The van der Waals surface area contributed by atoms with Gasteiger partial charge in [0.15, 0.2) is 6.10 Å². The minimum absolute atomic E-state index is 0.0374. The molecule has 0 rings (SSSR count). The molecular weight excluding hydrogens is 966 g/mol. The van der Waals surface area contributed by atoms with Crippen LogP contribution in [0.2, 0.25) is 0 Å². The monoisotopic (exact) mass is 1100 g/mol. The minimum Gasteiger partial charge on any atom is -0.462 e. The molecule has 0 aromatic rings. The molecule has 0 radical (unpaired) electrons. The van der Waals surface area contributed by atoms with E-state index in [0.29, 0.717) is 17.4 Å². The van der Waals surface area contributed by atoms with E-state index in [0.717, 1.165) is 38.5 Å². The molecule has 10 heteroatoms. The molecule has 76 heavy (non-hydrogen) atoms. The van der Waals surface area contributed by atoms with Crippen molar-refractivity contribution in [3.8, 4) is 0 Å². The first-order valence-electron chi connectivity index (χ1n) is 33.8. The van der Waals surface area contributed by atoms with Crippen molar-refractivity contribution >= 4 is 19.8 Å². The Labute approximate surface area is 474 Å². The summed E-state index contributed by atoms with van der Waals surface area (Å²) >= 11 is 0. The molecule has 0 saturated heterocycles. The van der Waals surface area contributed by atoms with Crippen LogP contribution in [0.5, 0.6) is 0 Å². The normalized spacial score (nSPS) is 13.1. The van der Waals surface area contributed by atoms with Crippen LogP contribution in [0.3, 0.4) is 0 Å². The first kappa shape index (κ1) is 75.0. The molecule has 0 aliphatic carbocycles. The fourth-order valence-electron chi connectivity index (χ4n) is 10.4. The number of ether oxygens (including phenoxy) is 2. The van der Waals surface area contributed by atoms with Crippen molar-refractivity contribution < 1.29 is 42.1 Å². The van der Waals surface area contributed by atoms with Crippen LogP contribution < -0.4 is 0 Å². The Balaban J connectivity index is 3.84. The Morgan fingerprint density at radius 1 is 0.355 bits per heavy atom. The van der Waals surface area contributed by atoms with Crippen LogP contribution in [-0.4, -0.2) is 74.9 Å². The zero-order valence-electron chi connectivity index (χ0n) is 51.8. The molecule has 1 N–H and O–H groups in total. The average Bonchev–Trinajstić information content (AvgIpc) is 3.38. The van der Waals surface area contributed by atoms with E-state index in [9.17, 15) is 19.0 Å². The zero-order chi connectivity index (χ0) is 55.6. The van der Waals surface area contributed by atoms with E-state index in [1.54, 1.807) is 0 Å². The molecule has 0 amide bonds. The van der Waals surface area contributed by atoms with E-state index in [-0.39, 0.29) is 25.6 Å². The van der Waals surface area contributed by atoms with Crippen molar-refractivity contribution in [2.24, 2.45) is 0 Å². The van der Waals surface area contributed by atoms with Crippen molar-refractivity contribution in [3.63, 3.8) is 0 Å². The maximum absolute atomic E-state index is 12.8. The van der Waals surface area contributed by atoms with Crippen molar-refractivity contribution in [1.29, 1.82) is 0 Å². The van der Waals surface area contributed by atoms with Crippen LogP contribution in [0, 0.1) is 0 Å². The Morgan fingerprint density at radius 3 is 0.842 bits per heavy atom. The summed E-state index contributed by atoms with van der Waals surface area (Å²) in [5.41, 5.74) is 0. The van der Waals surface area contributed by atoms with Crippen LogP contribution in [0.1, 0.15) is 361 Å². The molecule has 0 bridgehead atoms. The Bertz CT molecular complexity index is 1240. The molecule has 454 valence electrons.